The molecule has 2 aromatic carbocycles. The molecule has 7 nitrogen and oxygen atoms in total. The van der Waals surface area contributed by atoms with E-state index in [9.17, 15) is 4.79 Å². The molecule has 2 N–H and O–H groups in total. The number of carbonyl (C=O) groups excluding carboxylic acids is 1. The van der Waals surface area contributed by atoms with Gasteiger partial charge in [-0.15, -0.1) is 0 Å². The Labute approximate surface area is 200 Å². The highest BCUT2D eigenvalue weighted by Crippen LogP contribution is 2.25. The summed E-state index contributed by atoms with van der Waals surface area (Å²) in [7, 11) is 0. The first-order chi connectivity index (χ1) is 16.6. The fourth-order valence-corrected chi connectivity index (χ4v) is 4.13. The van der Waals surface area contributed by atoms with Gasteiger partial charge < -0.3 is 15.0 Å². The Morgan fingerprint density at radius 3 is 2.85 bits per heavy atom. The molecule has 1 fully saturated rings. The van der Waals surface area contributed by atoms with Crippen LogP contribution in [0, 0.1) is 5.41 Å². The smallest absolute Gasteiger partial charge is 0.246 e. The summed E-state index contributed by atoms with van der Waals surface area (Å²) in [5.74, 6) is 2.03. The average Bonchev–Trinajstić information content (AvgIpc) is 3.36. The number of carbonyl (C=O) groups is 1. The van der Waals surface area contributed by atoms with Crippen LogP contribution in [0.25, 0.3) is 0 Å². The van der Waals surface area contributed by atoms with Crippen LogP contribution in [0.5, 0.6) is 11.5 Å². The Balaban J connectivity index is 1.45. The van der Waals surface area contributed by atoms with Crippen LogP contribution in [0.3, 0.4) is 0 Å². The molecule has 1 amide bonds. The van der Waals surface area contributed by atoms with Gasteiger partial charge in [0.1, 0.15) is 23.6 Å². The van der Waals surface area contributed by atoms with E-state index in [4.69, 9.17) is 10.1 Å². The van der Waals surface area contributed by atoms with Crippen molar-refractivity contribution in [3.8, 4) is 11.5 Å². The van der Waals surface area contributed by atoms with Crippen LogP contribution in [0.2, 0.25) is 0 Å². The van der Waals surface area contributed by atoms with E-state index in [0.717, 1.165) is 37.1 Å². The van der Waals surface area contributed by atoms with Crippen molar-refractivity contribution in [2.24, 2.45) is 0 Å². The van der Waals surface area contributed by atoms with Crippen LogP contribution in [0.15, 0.2) is 73.7 Å². The zero-order valence-corrected chi connectivity index (χ0v) is 19.3. The SMILES string of the molecule is C=CC(=O)N1CCCC1CNc1ncncc1C(=N)c1ccc(Oc2cccc(CC)c2)cc1. The molecule has 7 heteroatoms. The minimum absolute atomic E-state index is 0.0521. The Kier molecular flexibility index (Phi) is 7.32. The summed E-state index contributed by atoms with van der Waals surface area (Å²) < 4.78 is 5.97. The molecule has 0 spiro atoms. The summed E-state index contributed by atoms with van der Waals surface area (Å²) >= 11 is 0. The van der Waals surface area contributed by atoms with Crippen LogP contribution in [-0.2, 0) is 11.2 Å². The van der Waals surface area contributed by atoms with Crippen molar-refractivity contribution >= 4 is 17.4 Å². The second-order valence-electron chi connectivity index (χ2n) is 8.20. The van der Waals surface area contributed by atoms with Gasteiger partial charge >= 0.3 is 0 Å². The van der Waals surface area contributed by atoms with Gasteiger partial charge in [0.05, 0.1) is 11.3 Å². The van der Waals surface area contributed by atoms with Gasteiger partial charge in [-0.05, 0) is 67.3 Å². The maximum Gasteiger partial charge on any atom is 0.246 e. The standard InChI is InChI=1S/C27H29N5O2/c1-3-19-7-5-9-23(15-19)34-22-12-10-20(11-13-22)26(28)24-17-29-18-31-27(24)30-16-21-8-6-14-32(21)25(33)4-2/h4-5,7,9-13,15,17-18,21,28H,2-3,6,8,14,16H2,1H3,(H,29,30,31). The van der Waals surface area contributed by atoms with Gasteiger partial charge in [0.2, 0.25) is 5.91 Å². The van der Waals surface area contributed by atoms with E-state index in [2.05, 4.69) is 34.9 Å². The minimum Gasteiger partial charge on any atom is -0.457 e. The molecule has 0 aliphatic carbocycles. The van der Waals surface area contributed by atoms with Crippen molar-refractivity contribution in [2.45, 2.75) is 32.2 Å². The van der Waals surface area contributed by atoms with Gasteiger partial charge in [-0.3, -0.25) is 10.2 Å². The third kappa shape index (κ3) is 5.31. The largest absolute Gasteiger partial charge is 0.457 e. The van der Waals surface area contributed by atoms with Gasteiger partial charge in [-0.1, -0.05) is 25.6 Å². The van der Waals surface area contributed by atoms with E-state index in [-0.39, 0.29) is 11.9 Å². The molecular weight excluding hydrogens is 426 g/mol. The predicted octanol–water partition coefficient (Wildman–Crippen LogP) is 4.84. The third-order valence-electron chi connectivity index (χ3n) is 6.01. The number of amides is 1. The topological polar surface area (TPSA) is 91.2 Å². The Morgan fingerprint density at radius 1 is 1.26 bits per heavy atom. The fourth-order valence-electron chi connectivity index (χ4n) is 4.13. The summed E-state index contributed by atoms with van der Waals surface area (Å²) in [5, 5.41) is 12.1. The Bertz CT molecular complexity index is 1180. The number of benzene rings is 2. The Hall–Kier alpha value is -4.00. The first-order valence-electron chi connectivity index (χ1n) is 11.5. The molecule has 0 saturated carbocycles. The zero-order valence-electron chi connectivity index (χ0n) is 19.3. The molecule has 3 aromatic rings. The number of nitrogens with zero attached hydrogens (tertiary/aromatic N) is 3. The molecule has 1 aliphatic heterocycles. The number of rotatable bonds is 9. The van der Waals surface area contributed by atoms with E-state index in [1.165, 1.54) is 18.0 Å². The number of anilines is 1. The van der Waals surface area contributed by atoms with Crippen molar-refractivity contribution in [1.82, 2.24) is 14.9 Å². The summed E-state index contributed by atoms with van der Waals surface area (Å²) in [6.07, 6.45) is 7.30. The van der Waals surface area contributed by atoms with Gasteiger partial charge in [0.25, 0.3) is 0 Å². The van der Waals surface area contributed by atoms with Gasteiger partial charge in [-0.2, -0.15) is 0 Å². The number of hydrogen-bond donors (Lipinski definition) is 2. The lowest BCUT2D eigenvalue weighted by Gasteiger charge is -2.24. The van der Waals surface area contributed by atoms with E-state index < -0.39 is 0 Å². The van der Waals surface area contributed by atoms with Crippen LogP contribution in [0.1, 0.15) is 36.5 Å². The quantitative estimate of drug-likeness (QED) is 0.356. The molecule has 0 bridgehead atoms. The van der Waals surface area contributed by atoms with Crippen molar-refractivity contribution in [2.75, 3.05) is 18.4 Å². The summed E-state index contributed by atoms with van der Waals surface area (Å²) in [6, 6.07) is 15.5. The van der Waals surface area contributed by atoms with Crippen molar-refractivity contribution < 1.29 is 9.53 Å². The lowest BCUT2D eigenvalue weighted by Crippen LogP contribution is -2.38. The fraction of sp³-hybridized carbons (Fsp3) is 0.259. The lowest BCUT2D eigenvalue weighted by molar-refractivity contribution is -0.126. The summed E-state index contributed by atoms with van der Waals surface area (Å²) in [5.41, 5.74) is 2.87. The predicted molar refractivity (Wildman–Crippen MR) is 134 cm³/mol. The monoisotopic (exact) mass is 455 g/mol. The minimum atomic E-state index is -0.0521. The second kappa shape index (κ2) is 10.7. The normalized spacial score (nSPS) is 15.1. The van der Waals surface area contributed by atoms with Gasteiger partial charge in [-0.25, -0.2) is 9.97 Å². The summed E-state index contributed by atoms with van der Waals surface area (Å²) in [6.45, 7) is 7.00. The molecule has 1 unspecified atom stereocenters. The lowest BCUT2D eigenvalue weighted by atomic mass is 10.0. The highest BCUT2D eigenvalue weighted by molar-refractivity contribution is 6.13. The molecule has 1 aliphatic rings. The van der Waals surface area contributed by atoms with Crippen molar-refractivity contribution in [3.63, 3.8) is 0 Å². The zero-order chi connectivity index (χ0) is 23.9. The molecule has 174 valence electrons. The molecule has 1 saturated heterocycles. The molecule has 0 radical (unpaired) electrons. The van der Waals surface area contributed by atoms with Crippen molar-refractivity contribution in [1.29, 1.82) is 5.41 Å². The van der Waals surface area contributed by atoms with E-state index in [1.54, 1.807) is 6.20 Å². The molecule has 1 aromatic heterocycles. The number of likely N-dealkylation sites (tertiary alicyclic amines) is 1. The molecular formula is C27H29N5O2. The van der Waals surface area contributed by atoms with Crippen LogP contribution >= 0.6 is 0 Å². The first kappa shape index (κ1) is 23.2. The van der Waals surface area contributed by atoms with Gasteiger partial charge in [0, 0.05) is 30.9 Å². The van der Waals surface area contributed by atoms with Crippen LogP contribution in [0.4, 0.5) is 5.82 Å². The van der Waals surface area contributed by atoms with Gasteiger partial charge in [0.15, 0.2) is 0 Å². The van der Waals surface area contributed by atoms with Crippen molar-refractivity contribution in [3.05, 3.63) is 90.4 Å². The molecule has 2 heterocycles. The highest BCUT2D eigenvalue weighted by atomic mass is 16.5. The van der Waals surface area contributed by atoms with E-state index in [0.29, 0.717) is 29.4 Å². The van der Waals surface area contributed by atoms with E-state index in [1.807, 2.05) is 47.4 Å². The third-order valence-corrected chi connectivity index (χ3v) is 6.01. The maximum absolute atomic E-state index is 12.1. The maximum atomic E-state index is 12.1. The number of nitrogens with one attached hydrogen (secondary N) is 2. The number of hydrogen-bond acceptors (Lipinski definition) is 6. The Morgan fingerprint density at radius 2 is 2.09 bits per heavy atom. The second-order valence-corrected chi connectivity index (χ2v) is 8.20. The highest BCUT2D eigenvalue weighted by Gasteiger charge is 2.27. The van der Waals surface area contributed by atoms with Crippen LogP contribution in [-0.4, -0.2) is 45.6 Å². The summed E-state index contributed by atoms with van der Waals surface area (Å²) in [4.78, 5) is 22.4. The first-order valence-corrected chi connectivity index (χ1v) is 11.5. The average molecular weight is 456 g/mol. The molecule has 34 heavy (non-hydrogen) atoms. The number of aryl methyl sites for hydroxylation is 1. The molecule has 1 atom stereocenters. The van der Waals surface area contributed by atoms with Crippen LogP contribution < -0.4 is 10.1 Å². The van der Waals surface area contributed by atoms with E-state index >= 15 is 0 Å². The number of ether oxygens (including phenoxy) is 1. The molecule has 4 rings (SSSR count). The number of aromatic nitrogens is 2.